The van der Waals surface area contributed by atoms with E-state index in [-0.39, 0.29) is 17.7 Å². The van der Waals surface area contributed by atoms with Gasteiger partial charge < -0.3 is 10.0 Å². The van der Waals surface area contributed by atoms with E-state index in [1.807, 2.05) is 0 Å². The monoisotopic (exact) mass is 283 g/mol. The molecular formula is C16H29NO3. The maximum absolute atomic E-state index is 12.4. The van der Waals surface area contributed by atoms with Crippen molar-refractivity contribution in [2.75, 3.05) is 13.6 Å². The van der Waals surface area contributed by atoms with Crippen molar-refractivity contribution in [2.24, 2.45) is 10.8 Å². The van der Waals surface area contributed by atoms with Gasteiger partial charge in [0, 0.05) is 20.0 Å². The third-order valence-corrected chi connectivity index (χ3v) is 4.14. The highest BCUT2D eigenvalue weighted by molar-refractivity contribution is 5.85. The lowest BCUT2D eigenvalue weighted by Gasteiger charge is -2.32. The molecule has 20 heavy (non-hydrogen) atoms. The minimum Gasteiger partial charge on any atom is -0.481 e. The van der Waals surface area contributed by atoms with Crippen LogP contribution in [0.4, 0.5) is 0 Å². The van der Waals surface area contributed by atoms with E-state index in [0.717, 1.165) is 25.7 Å². The predicted octanol–water partition coefficient (Wildman–Crippen LogP) is 3.31. The van der Waals surface area contributed by atoms with Crippen molar-refractivity contribution < 1.29 is 14.7 Å². The van der Waals surface area contributed by atoms with Crippen LogP contribution in [0.25, 0.3) is 0 Å². The highest BCUT2D eigenvalue weighted by Crippen LogP contribution is 2.39. The number of carbonyl (C=O) groups excluding carboxylic acids is 1. The Morgan fingerprint density at radius 1 is 1.10 bits per heavy atom. The van der Waals surface area contributed by atoms with Gasteiger partial charge in [0.1, 0.15) is 0 Å². The van der Waals surface area contributed by atoms with Crippen LogP contribution in [0.1, 0.15) is 65.7 Å². The lowest BCUT2D eigenvalue weighted by atomic mass is 9.77. The van der Waals surface area contributed by atoms with Crippen molar-refractivity contribution in [2.45, 2.75) is 65.7 Å². The summed E-state index contributed by atoms with van der Waals surface area (Å²) >= 11 is 0. The number of hydrogen-bond acceptors (Lipinski definition) is 2. The number of carbonyl (C=O) groups is 2. The van der Waals surface area contributed by atoms with Crippen LogP contribution in [-0.2, 0) is 9.59 Å². The van der Waals surface area contributed by atoms with Crippen molar-refractivity contribution in [3.63, 3.8) is 0 Å². The minimum atomic E-state index is -0.834. The third kappa shape index (κ3) is 4.80. The Morgan fingerprint density at radius 2 is 1.60 bits per heavy atom. The molecule has 1 fully saturated rings. The summed E-state index contributed by atoms with van der Waals surface area (Å²) in [4.78, 5) is 25.8. The van der Waals surface area contributed by atoms with Crippen LogP contribution in [0.5, 0.6) is 0 Å². The zero-order valence-corrected chi connectivity index (χ0v) is 13.4. The number of aliphatic carboxylic acids is 1. The molecule has 0 unspecified atom stereocenters. The normalized spacial score (nSPS) is 19.2. The molecular weight excluding hydrogens is 254 g/mol. The van der Waals surface area contributed by atoms with Gasteiger partial charge in [-0.05, 0) is 18.3 Å². The summed E-state index contributed by atoms with van der Waals surface area (Å²) in [5.41, 5.74) is -0.802. The molecule has 1 saturated carbocycles. The molecule has 1 N–H and O–H groups in total. The van der Waals surface area contributed by atoms with Gasteiger partial charge in [-0.1, -0.05) is 46.5 Å². The fraction of sp³-hybridized carbons (Fsp3) is 0.875. The van der Waals surface area contributed by atoms with Crippen molar-refractivity contribution in [1.29, 1.82) is 0 Å². The van der Waals surface area contributed by atoms with Crippen molar-refractivity contribution in [3.05, 3.63) is 0 Å². The molecule has 0 radical (unpaired) electrons. The number of carboxylic acids is 1. The average Bonchev–Trinajstić information content (AvgIpc) is 2.53. The second-order valence-electron chi connectivity index (χ2n) is 7.49. The molecule has 0 aromatic heterocycles. The zero-order chi connectivity index (χ0) is 15.4. The van der Waals surface area contributed by atoms with Crippen LogP contribution in [0.2, 0.25) is 0 Å². The van der Waals surface area contributed by atoms with E-state index in [4.69, 9.17) is 0 Å². The number of amides is 1. The molecule has 0 aliphatic heterocycles. The SMILES string of the molecule is CN(CC(C)(C)C)C(=O)CC1(C(=O)O)CCCCCC1. The largest absolute Gasteiger partial charge is 0.481 e. The molecule has 0 atom stereocenters. The summed E-state index contributed by atoms with van der Waals surface area (Å²) in [6.07, 6.45) is 5.43. The highest BCUT2D eigenvalue weighted by atomic mass is 16.4. The summed E-state index contributed by atoms with van der Waals surface area (Å²) in [5.74, 6) is -0.832. The number of carboxylic acid groups (broad SMARTS) is 1. The molecule has 0 aromatic rings. The molecule has 116 valence electrons. The van der Waals surface area contributed by atoms with Crippen LogP contribution < -0.4 is 0 Å². The Bertz CT molecular complexity index is 349. The van der Waals surface area contributed by atoms with Gasteiger partial charge in [-0.25, -0.2) is 0 Å². The fourth-order valence-corrected chi connectivity index (χ4v) is 3.10. The van der Waals surface area contributed by atoms with E-state index >= 15 is 0 Å². The van der Waals surface area contributed by atoms with Crippen molar-refractivity contribution in [3.8, 4) is 0 Å². The van der Waals surface area contributed by atoms with Gasteiger partial charge in [0.2, 0.25) is 5.91 Å². The smallest absolute Gasteiger partial charge is 0.310 e. The first-order valence-electron chi connectivity index (χ1n) is 7.64. The molecule has 1 aliphatic carbocycles. The molecule has 0 bridgehead atoms. The topological polar surface area (TPSA) is 57.6 Å². The van der Waals surface area contributed by atoms with Crippen molar-refractivity contribution >= 4 is 11.9 Å². The van der Waals surface area contributed by atoms with Crippen LogP contribution in [0.3, 0.4) is 0 Å². The van der Waals surface area contributed by atoms with Gasteiger partial charge in [-0.3, -0.25) is 9.59 Å². The van der Waals surface area contributed by atoms with E-state index in [2.05, 4.69) is 20.8 Å². The van der Waals surface area contributed by atoms with Crippen molar-refractivity contribution in [1.82, 2.24) is 4.90 Å². The molecule has 4 heteroatoms. The Kier molecular flexibility index (Phi) is 5.60. The zero-order valence-electron chi connectivity index (χ0n) is 13.4. The summed E-state index contributed by atoms with van der Waals surface area (Å²) in [6.45, 7) is 6.89. The van der Waals surface area contributed by atoms with Crippen LogP contribution in [-0.4, -0.2) is 35.5 Å². The van der Waals surface area contributed by atoms with E-state index in [1.165, 1.54) is 0 Å². The first-order chi connectivity index (χ1) is 9.16. The molecule has 1 rings (SSSR count). The van der Waals surface area contributed by atoms with Gasteiger partial charge >= 0.3 is 5.97 Å². The minimum absolute atomic E-state index is 0.0320. The van der Waals surface area contributed by atoms with E-state index in [1.54, 1.807) is 11.9 Å². The number of rotatable bonds is 4. The van der Waals surface area contributed by atoms with E-state index in [0.29, 0.717) is 19.4 Å². The average molecular weight is 283 g/mol. The molecule has 0 heterocycles. The standard InChI is InChI=1S/C16H29NO3/c1-15(2,3)12-17(4)13(18)11-16(14(19)20)9-7-5-6-8-10-16/h5-12H2,1-4H3,(H,19,20). The quantitative estimate of drug-likeness (QED) is 0.805. The lowest BCUT2D eigenvalue weighted by molar-refractivity contribution is -0.154. The van der Waals surface area contributed by atoms with Crippen LogP contribution in [0, 0.1) is 10.8 Å². The molecule has 4 nitrogen and oxygen atoms in total. The lowest BCUT2D eigenvalue weighted by Crippen LogP contribution is -2.40. The Balaban J connectivity index is 2.75. The number of nitrogens with zero attached hydrogens (tertiary/aromatic N) is 1. The maximum Gasteiger partial charge on any atom is 0.310 e. The van der Waals surface area contributed by atoms with Crippen LogP contribution >= 0.6 is 0 Å². The molecule has 0 aromatic carbocycles. The molecule has 1 aliphatic rings. The summed E-state index contributed by atoms with van der Waals surface area (Å²) in [5, 5.41) is 9.61. The Hall–Kier alpha value is -1.06. The van der Waals surface area contributed by atoms with Gasteiger partial charge in [-0.15, -0.1) is 0 Å². The predicted molar refractivity (Wildman–Crippen MR) is 79.5 cm³/mol. The van der Waals surface area contributed by atoms with Gasteiger partial charge in [0.15, 0.2) is 0 Å². The maximum atomic E-state index is 12.4. The van der Waals surface area contributed by atoms with Gasteiger partial charge in [0.05, 0.1) is 5.41 Å². The second kappa shape index (κ2) is 6.59. The molecule has 0 spiro atoms. The summed E-state index contributed by atoms with van der Waals surface area (Å²) < 4.78 is 0. The fourth-order valence-electron chi connectivity index (χ4n) is 3.10. The summed E-state index contributed by atoms with van der Waals surface area (Å²) in [6, 6.07) is 0. The third-order valence-electron chi connectivity index (χ3n) is 4.14. The molecule has 0 saturated heterocycles. The van der Waals surface area contributed by atoms with Crippen LogP contribution in [0.15, 0.2) is 0 Å². The highest BCUT2D eigenvalue weighted by Gasteiger charge is 2.41. The van der Waals surface area contributed by atoms with Gasteiger partial charge in [0.25, 0.3) is 0 Å². The van der Waals surface area contributed by atoms with E-state index < -0.39 is 11.4 Å². The van der Waals surface area contributed by atoms with E-state index in [9.17, 15) is 14.7 Å². The first kappa shape index (κ1) is 17.0. The first-order valence-corrected chi connectivity index (χ1v) is 7.64. The molecule has 1 amide bonds. The Labute approximate surface area is 122 Å². The second-order valence-corrected chi connectivity index (χ2v) is 7.49. The summed E-state index contributed by atoms with van der Waals surface area (Å²) in [7, 11) is 1.78. The number of hydrogen-bond donors (Lipinski definition) is 1. The van der Waals surface area contributed by atoms with Gasteiger partial charge in [-0.2, -0.15) is 0 Å². The Morgan fingerprint density at radius 3 is 2.00 bits per heavy atom.